The number of esters is 1. The van der Waals surface area contributed by atoms with Crippen LogP contribution in [0.4, 0.5) is 0 Å². The van der Waals surface area contributed by atoms with Crippen molar-refractivity contribution in [3.63, 3.8) is 0 Å². The number of nitrogens with zero attached hydrogens (tertiary/aromatic N) is 2. The zero-order valence-corrected chi connectivity index (χ0v) is 15.1. The average Bonchev–Trinajstić information content (AvgIpc) is 2.69. The fraction of sp³-hybridized carbons (Fsp3) is 0.364. The van der Waals surface area contributed by atoms with Gasteiger partial charge in [0.05, 0.1) is 6.54 Å². The van der Waals surface area contributed by atoms with Crippen LogP contribution in [0.15, 0.2) is 54.9 Å². The maximum absolute atomic E-state index is 11.4. The highest BCUT2D eigenvalue weighted by Gasteiger charge is 2.23. The van der Waals surface area contributed by atoms with E-state index in [1.54, 1.807) is 6.20 Å². The predicted octanol–water partition coefficient (Wildman–Crippen LogP) is 3.92. The Morgan fingerprint density at radius 3 is 2.85 bits per heavy atom. The lowest BCUT2D eigenvalue weighted by Crippen LogP contribution is -2.33. The van der Waals surface area contributed by atoms with Gasteiger partial charge in [-0.3, -0.25) is 14.7 Å². The van der Waals surface area contributed by atoms with Gasteiger partial charge in [-0.15, -0.1) is 0 Å². The van der Waals surface area contributed by atoms with Gasteiger partial charge < -0.3 is 4.74 Å². The molecule has 1 aliphatic heterocycles. The van der Waals surface area contributed by atoms with Gasteiger partial charge in [0.25, 0.3) is 0 Å². The van der Waals surface area contributed by atoms with E-state index in [4.69, 9.17) is 4.74 Å². The molecular weight excluding hydrogens is 324 g/mol. The number of carbonyl (C=O) groups excluding carboxylic acids is 1. The summed E-state index contributed by atoms with van der Waals surface area (Å²) in [6.45, 7) is 3.10. The molecular formula is C22H24N2O2. The summed E-state index contributed by atoms with van der Waals surface area (Å²) in [5, 5.41) is 0. The molecule has 0 saturated carbocycles. The predicted molar refractivity (Wildman–Crippen MR) is 101 cm³/mol. The SMILES string of the molecule is CC(=O)O[C@H](C#CCN1CCCC[C@H]1c1cccnc1)c1ccccc1. The molecule has 3 rings (SSSR count). The summed E-state index contributed by atoms with van der Waals surface area (Å²) in [5.41, 5.74) is 2.14. The fourth-order valence-corrected chi connectivity index (χ4v) is 3.35. The number of hydrogen-bond acceptors (Lipinski definition) is 4. The summed E-state index contributed by atoms with van der Waals surface area (Å²) in [5.74, 6) is 6.05. The molecule has 2 atom stereocenters. The molecule has 134 valence electrons. The Hall–Kier alpha value is -2.64. The van der Waals surface area contributed by atoms with Gasteiger partial charge in [-0.1, -0.05) is 54.7 Å². The van der Waals surface area contributed by atoms with Crippen LogP contribution in [0.1, 0.15) is 49.5 Å². The molecule has 4 nitrogen and oxygen atoms in total. The molecule has 0 amide bonds. The van der Waals surface area contributed by atoms with Crippen molar-refractivity contribution in [2.45, 2.75) is 38.3 Å². The van der Waals surface area contributed by atoms with Gasteiger partial charge in [0.1, 0.15) is 0 Å². The number of benzene rings is 1. The van der Waals surface area contributed by atoms with Gasteiger partial charge in [0.15, 0.2) is 6.10 Å². The Balaban J connectivity index is 1.72. The first kappa shape index (κ1) is 18.2. The van der Waals surface area contributed by atoms with E-state index in [1.165, 1.54) is 25.3 Å². The normalized spacial score (nSPS) is 18.4. The van der Waals surface area contributed by atoms with Crippen LogP contribution in [0, 0.1) is 11.8 Å². The minimum absolute atomic E-state index is 0.320. The van der Waals surface area contributed by atoms with Crippen LogP contribution in [0.25, 0.3) is 0 Å². The molecule has 4 heteroatoms. The summed E-state index contributed by atoms with van der Waals surface area (Å²) in [7, 11) is 0. The number of likely N-dealkylation sites (tertiary alicyclic amines) is 1. The second-order valence-corrected chi connectivity index (χ2v) is 6.49. The summed E-state index contributed by atoms with van der Waals surface area (Å²) in [4.78, 5) is 18.1. The van der Waals surface area contributed by atoms with Crippen molar-refractivity contribution in [2.75, 3.05) is 13.1 Å². The Labute approximate surface area is 155 Å². The molecule has 0 N–H and O–H groups in total. The maximum atomic E-state index is 11.4. The highest BCUT2D eigenvalue weighted by molar-refractivity contribution is 5.66. The molecule has 26 heavy (non-hydrogen) atoms. The third-order valence-electron chi connectivity index (χ3n) is 4.58. The quantitative estimate of drug-likeness (QED) is 0.620. The third kappa shape index (κ3) is 4.93. The van der Waals surface area contributed by atoms with Crippen molar-refractivity contribution in [1.29, 1.82) is 0 Å². The van der Waals surface area contributed by atoms with Gasteiger partial charge in [0.2, 0.25) is 0 Å². The number of aromatic nitrogens is 1. The molecule has 1 fully saturated rings. The highest BCUT2D eigenvalue weighted by atomic mass is 16.5. The smallest absolute Gasteiger partial charge is 0.304 e. The number of carbonyl (C=O) groups is 1. The second-order valence-electron chi connectivity index (χ2n) is 6.49. The first-order chi connectivity index (χ1) is 12.7. The number of rotatable bonds is 4. The van der Waals surface area contributed by atoms with Gasteiger partial charge in [-0.25, -0.2) is 0 Å². The number of ether oxygens (including phenoxy) is 1. The lowest BCUT2D eigenvalue weighted by molar-refractivity contribution is -0.144. The second kappa shape index (κ2) is 9.17. The summed E-state index contributed by atoms with van der Waals surface area (Å²) in [6, 6.07) is 14.1. The first-order valence-electron chi connectivity index (χ1n) is 9.08. The van der Waals surface area contributed by atoms with Crippen molar-refractivity contribution in [1.82, 2.24) is 9.88 Å². The van der Waals surface area contributed by atoms with Crippen LogP contribution in [0.3, 0.4) is 0 Å². The zero-order chi connectivity index (χ0) is 18.2. The lowest BCUT2D eigenvalue weighted by Gasteiger charge is -2.34. The van der Waals surface area contributed by atoms with Crippen molar-refractivity contribution < 1.29 is 9.53 Å². The van der Waals surface area contributed by atoms with E-state index < -0.39 is 6.10 Å². The van der Waals surface area contributed by atoms with Crippen molar-refractivity contribution in [3.8, 4) is 11.8 Å². The molecule has 1 aliphatic rings. The largest absolute Gasteiger partial charge is 0.444 e. The van der Waals surface area contributed by atoms with Gasteiger partial charge in [0, 0.05) is 30.9 Å². The standard InChI is InChI=1S/C22H24N2O2/c1-18(25)26-22(19-9-3-2-4-10-19)13-8-16-24-15-6-5-12-21(24)20-11-7-14-23-17-20/h2-4,7,9-11,14,17,21-22H,5-6,12,15-16H2,1H3/t21-,22+/m0/s1. The molecule has 2 heterocycles. The van der Waals surface area contributed by atoms with E-state index in [0.29, 0.717) is 12.6 Å². The fourth-order valence-electron chi connectivity index (χ4n) is 3.35. The Bertz CT molecular complexity index is 765. The van der Waals surface area contributed by atoms with Gasteiger partial charge >= 0.3 is 5.97 Å². The van der Waals surface area contributed by atoms with Crippen LogP contribution in [-0.4, -0.2) is 28.9 Å². The minimum Gasteiger partial charge on any atom is -0.444 e. The van der Waals surface area contributed by atoms with Crippen molar-refractivity contribution in [2.24, 2.45) is 0 Å². The average molecular weight is 348 g/mol. The topological polar surface area (TPSA) is 42.4 Å². The van der Waals surface area contributed by atoms with Gasteiger partial charge in [-0.05, 0) is 31.0 Å². The van der Waals surface area contributed by atoms with E-state index in [-0.39, 0.29) is 5.97 Å². The van der Waals surface area contributed by atoms with E-state index in [0.717, 1.165) is 18.5 Å². The summed E-state index contributed by atoms with van der Waals surface area (Å²) >= 11 is 0. The first-order valence-corrected chi connectivity index (χ1v) is 9.08. The molecule has 0 spiro atoms. The lowest BCUT2D eigenvalue weighted by atomic mass is 9.96. The molecule has 1 saturated heterocycles. The highest BCUT2D eigenvalue weighted by Crippen LogP contribution is 2.29. The summed E-state index contributed by atoms with van der Waals surface area (Å²) in [6.07, 6.45) is 6.77. The van der Waals surface area contributed by atoms with Crippen LogP contribution in [0.5, 0.6) is 0 Å². The van der Waals surface area contributed by atoms with Crippen LogP contribution < -0.4 is 0 Å². The molecule has 0 bridgehead atoms. The summed E-state index contributed by atoms with van der Waals surface area (Å²) < 4.78 is 5.40. The van der Waals surface area contributed by atoms with Crippen LogP contribution >= 0.6 is 0 Å². The van der Waals surface area contributed by atoms with E-state index in [1.807, 2.05) is 42.6 Å². The van der Waals surface area contributed by atoms with Crippen molar-refractivity contribution >= 4 is 5.97 Å². The number of piperidine rings is 1. The Morgan fingerprint density at radius 1 is 1.27 bits per heavy atom. The monoisotopic (exact) mass is 348 g/mol. The number of pyridine rings is 1. The Kier molecular flexibility index (Phi) is 6.40. The molecule has 0 aliphatic carbocycles. The molecule has 1 aromatic carbocycles. The third-order valence-corrected chi connectivity index (χ3v) is 4.58. The van der Waals surface area contributed by atoms with E-state index in [2.05, 4.69) is 27.8 Å². The van der Waals surface area contributed by atoms with Gasteiger partial charge in [-0.2, -0.15) is 0 Å². The van der Waals surface area contributed by atoms with Crippen LogP contribution in [0.2, 0.25) is 0 Å². The molecule has 2 aromatic rings. The maximum Gasteiger partial charge on any atom is 0.304 e. The zero-order valence-electron chi connectivity index (χ0n) is 15.1. The molecule has 0 unspecified atom stereocenters. The van der Waals surface area contributed by atoms with Crippen molar-refractivity contribution in [3.05, 3.63) is 66.0 Å². The van der Waals surface area contributed by atoms with Crippen LogP contribution in [-0.2, 0) is 9.53 Å². The molecule has 1 aromatic heterocycles. The molecule has 0 radical (unpaired) electrons. The van der Waals surface area contributed by atoms with E-state index in [9.17, 15) is 4.79 Å². The Morgan fingerprint density at radius 2 is 2.12 bits per heavy atom. The number of hydrogen-bond donors (Lipinski definition) is 0. The minimum atomic E-state index is -0.518. The van der Waals surface area contributed by atoms with E-state index >= 15 is 0 Å².